The van der Waals surface area contributed by atoms with Crippen LogP contribution >= 0.6 is 11.6 Å². The highest BCUT2D eigenvalue weighted by Crippen LogP contribution is 2.26. The highest BCUT2D eigenvalue weighted by Gasteiger charge is 2.27. The zero-order chi connectivity index (χ0) is 14.6. The number of nitriles is 1. The Morgan fingerprint density at radius 2 is 2.11 bits per heavy atom. The molecule has 6 heteroatoms. The first-order valence-electron chi connectivity index (χ1n) is 6.02. The van der Waals surface area contributed by atoms with E-state index >= 15 is 0 Å². The summed E-state index contributed by atoms with van der Waals surface area (Å²) in [7, 11) is -2.14. The molecule has 1 aromatic carbocycles. The van der Waals surface area contributed by atoms with E-state index in [2.05, 4.69) is 0 Å². The highest BCUT2D eigenvalue weighted by atomic mass is 35.5. The third-order valence-electron chi connectivity index (χ3n) is 3.04. The smallest absolute Gasteiger partial charge is 0.207 e. The summed E-state index contributed by atoms with van der Waals surface area (Å²) < 4.78 is 26.2. The van der Waals surface area contributed by atoms with Crippen LogP contribution in [0.1, 0.15) is 32.3 Å². The molecule has 1 rings (SSSR count). The fourth-order valence-electron chi connectivity index (χ4n) is 1.76. The Kier molecular flexibility index (Phi) is 5.36. The van der Waals surface area contributed by atoms with Crippen LogP contribution in [0.5, 0.6) is 0 Å². The molecule has 0 fully saturated rings. The van der Waals surface area contributed by atoms with Gasteiger partial charge >= 0.3 is 0 Å². The van der Waals surface area contributed by atoms with Gasteiger partial charge in [-0.05, 0) is 31.5 Å². The average Bonchev–Trinajstić information content (AvgIpc) is 2.38. The van der Waals surface area contributed by atoms with E-state index in [0.717, 1.165) is 12.8 Å². The molecule has 0 aliphatic rings. The van der Waals surface area contributed by atoms with Crippen molar-refractivity contribution in [2.75, 3.05) is 7.05 Å². The Hall–Kier alpha value is -1.09. The lowest BCUT2D eigenvalue weighted by Gasteiger charge is -2.24. The van der Waals surface area contributed by atoms with Gasteiger partial charge in [0.1, 0.15) is 4.90 Å². The second kappa shape index (κ2) is 6.38. The van der Waals surface area contributed by atoms with Gasteiger partial charge in [-0.15, -0.1) is 0 Å². The molecule has 1 atom stereocenters. The van der Waals surface area contributed by atoms with Gasteiger partial charge in [-0.25, -0.2) is 8.42 Å². The van der Waals surface area contributed by atoms with Gasteiger partial charge in [0.15, 0.2) is 0 Å². The lowest BCUT2D eigenvalue weighted by molar-refractivity contribution is 0.369. The normalized spacial score (nSPS) is 13.3. The molecular weight excluding hydrogens is 284 g/mol. The molecule has 0 spiro atoms. The molecule has 104 valence electrons. The van der Waals surface area contributed by atoms with E-state index in [-0.39, 0.29) is 21.5 Å². The third-order valence-corrected chi connectivity index (χ3v) is 5.50. The van der Waals surface area contributed by atoms with Crippen molar-refractivity contribution in [1.82, 2.24) is 4.31 Å². The van der Waals surface area contributed by atoms with E-state index in [1.807, 2.05) is 19.9 Å². The zero-order valence-electron chi connectivity index (χ0n) is 11.2. The van der Waals surface area contributed by atoms with Crippen LogP contribution in [0.15, 0.2) is 23.1 Å². The van der Waals surface area contributed by atoms with Gasteiger partial charge in [0.05, 0.1) is 16.7 Å². The molecule has 0 heterocycles. The number of halogens is 1. The standard InChI is InChI=1S/C13H17ClN2O2S/c1-4-5-10(2)16(3)19(17,18)13-8-11(9-15)6-7-12(13)14/h6-8,10H,4-5H2,1-3H3. The predicted octanol–water partition coefficient (Wildman–Crippen LogP) is 3.02. The van der Waals surface area contributed by atoms with Crippen molar-refractivity contribution in [3.05, 3.63) is 28.8 Å². The summed E-state index contributed by atoms with van der Waals surface area (Å²) in [5, 5.41) is 8.98. The van der Waals surface area contributed by atoms with Gasteiger partial charge in [-0.2, -0.15) is 9.57 Å². The third kappa shape index (κ3) is 3.47. The number of hydrogen-bond acceptors (Lipinski definition) is 3. The van der Waals surface area contributed by atoms with Crippen LogP contribution < -0.4 is 0 Å². The Morgan fingerprint density at radius 1 is 1.47 bits per heavy atom. The van der Waals surface area contributed by atoms with Crippen LogP contribution in [0.2, 0.25) is 5.02 Å². The van der Waals surface area contributed by atoms with Crippen molar-refractivity contribution in [3.63, 3.8) is 0 Å². The fourth-order valence-corrected chi connectivity index (χ4v) is 3.65. The van der Waals surface area contributed by atoms with Crippen LogP contribution in [0.3, 0.4) is 0 Å². The lowest BCUT2D eigenvalue weighted by atomic mass is 10.2. The first kappa shape index (κ1) is 16.0. The van der Waals surface area contributed by atoms with Gasteiger partial charge in [0, 0.05) is 13.1 Å². The Balaban J connectivity index is 3.24. The molecule has 0 radical (unpaired) electrons. The molecule has 0 N–H and O–H groups in total. The maximum atomic E-state index is 12.5. The quantitative estimate of drug-likeness (QED) is 0.839. The molecular formula is C13H17ClN2O2S. The van der Waals surface area contributed by atoms with Crippen LogP contribution in [-0.4, -0.2) is 25.8 Å². The van der Waals surface area contributed by atoms with Crippen molar-refractivity contribution in [2.45, 2.75) is 37.6 Å². The molecule has 0 amide bonds. The molecule has 0 aliphatic heterocycles. The summed E-state index contributed by atoms with van der Waals surface area (Å²) >= 11 is 5.95. The summed E-state index contributed by atoms with van der Waals surface area (Å²) in [5.74, 6) is 0. The summed E-state index contributed by atoms with van der Waals surface area (Å²) in [6.45, 7) is 3.85. The van der Waals surface area contributed by atoms with Crippen molar-refractivity contribution in [1.29, 1.82) is 5.26 Å². The van der Waals surface area contributed by atoms with Gasteiger partial charge in [0.2, 0.25) is 10.0 Å². The van der Waals surface area contributed by atoms with Gasteiger partial charge < -0.3 is 0 Å². The Morgan fingerprint density at radius 3 is 2.63 bits per heavy atom. The van der Waals surface area contributed by atoms with Crippen molar-refractivity contribution < 1.29 is 8.42 Å². The number of hydrogen-bond donors (Lipinski definition) is 0. The second-order valence-electron chi connectivity index (χ2n) is 4.42. The van der Waals surface area contributed by atoms with E-state index in [4.69, 9.17) is 16.9 Å². The molecule has 0 saturated carbocycles. The highest BCUT2D eigenvalue weighted by molar-refractivity contribution is 7.89. The topological polar surface area (TPSA) is 61.2 Å². The van der Waals surface area contributed by atoms with Crippen molar-refractivity contribution in [3.8, 4) is 6.07 Å². The maximum Gasteiger partial charge on any atom is 0.244 e. The molecule has 1 unspecified atom stereocenters. The van der Waals surface area contributed by atoms with Crippen molar-refractivity contribution >= 4 is 21.6 Å². The molecule has 1 aromatic rings. The van der Waals surface area contributed by atoms with E-state index in [0.29, 0.717) is 0 Å². The van der Waals surface area contributed by atoms with Crippen LogP contribution in [0.4, 0.5) is 0 Å². The summed E-state index contributed by atoms with van der Waals surface area (Å²) in [5.41, 5.74) is 0.277. The van der Waals surface area contributed by atoms with Gasteiger partial charge in [-0.1, -0.05) is 24.9 Å². The minimum atomic E-state index is -3.67. The number of benzene rings is 1. The molecule has 0 bridgehead atoms. The van der Waals surface area contributed by atoms with Gasteiger partial charge in [-0.3, -0.25) is 0 Å². The molecule has 4 nitrogen and oxygen atoms in total. The largest absolute Gasteiger partial charge is 0.244 e. The maximum absolute atomic E-state index is 12.5. The lowest BCUT2D eigenvalue weighted by Crippen LogP contribution is -2.35. The van der Waals surface area contributed by atoms with Gasteiger partial charge in [0.25, 0.3) is 0 Å². The Bertz CT molecular complexity index is 593. The SMILES string of the molecule is CCCC(C)N(C)S(=O)(=O)c1cc(C#N)ccc1Cl. The molecule has 0 aliphatic carbocycles. The first-order valence-corrected chi connectivity index (χ1v) is 7.84. The first-order chi connectivity index (χ1) is 8.84. The minimum absolute atomic E-state index is 0.0151. The average molecular weight is 301 g/mol. The van der Waals surface area contributed by atoms with Crippen LogP contribution in [0.25, 0.3) is 0 Å². The summed E-state index contributed by atoms with van der Waals surface area (Å²) in [4.78, 5) is -0.0151. The summed E-state index contributed by atoms with van der Waals surface area (Å²) in [6, 6.07) is 6.05. The number of rotatable bonds is 5. The van der Waals surface area contributed by atoms with E-state index in [1.165, 1.54) is 29.6 Å². The predicted molar refractivity (Wildman–Crippen MR) is 75.5 cm³/mol. The summed E-state index contributed by atoms with van der Waals surface area (Å²) in [6.07, 6.45) is 1.66. The van der Waals surface area contributed by atoms with Crippen LogP contribution in [-0.2, 0) is 10.0 Å². The molecule has 0 saturated heterocycles. The fraction of sp³-hybridized carbons (Fsp3) is 0.462. The number of sulfonamides is 1. The second-order valence-corrected chi connectivity index (χ2v) is 6.79. The molecule has 19 heavy (non-hydrogen) atoms. The zero-order valence-corrected chi connectivity index (χ0v) is 12.8. The Labute approximate surface area is 119 Å². The van der Waals surface area contributed by atoms with E-state index in [9.17, 15) is 8.42 Å². The van der Waals surface area contributed by atoms with Crippen LogP contribution in [0, 0.1) is 11.3 Å². The van der Waals surface area contributed by atoms with Crippen molar-refractivity contribution in [2.24, 2.45) is 0 Å². The monoisotopic (exact) mass is 300 g/mol. The minimum Gasteiger partial charge on any atom is -0.207 e. The number of nitrogens with zero attached hydrogens (tertiary/aromatic N) is 2. The van der Waals surface area contributed by atoms with E-state index < -0.39 is 10.0 Å². The molecule has 0 aromatic heterocycles. The van der Waals surface area contributed by atoms with E-state index in [1.54, 1.807) is 0 Å².